The van der Waals surface area contributed by atoms with Gasteiger partial charge in [0.05, 0.1) is 13.7 Å². The summed E-state index contributed by atoms with van der Waals surface area (Å²) in [7, 11) is 1.63. The van der Waals surface area contributed by atoms with Crippen LogP contribution in [0.5, 0.6) is 5.75 Å². The molecule has 3 aromatic rings. The van der Waals surface area contributed by atoms with Crippen molar-refractivity contribution in [2.75, 3.05) is 44.9 Å². The van der Waals surface area contributed by atoms with Gasteiger partial charge in [0.15, 0.2) is 0 Å². The molecule has 1 saturated heterocycles. The number of hydrogen-bond donors (Lipinski definition) is 2. The second-order valence-electron chi connectivity index (χ2n) is 8.90. The van der Waals surface area contributed by atoms with Crippen molar-refractivity contribution in [3.8, 4) is 16.9 Å². The third kappa shape index (κ3) is 7.29. The van der Waals surface area contributed by atoms with E-state index in [0.717, 1.165) is 54.2 Å². The lowest BCUT2D eigenvalue weighted by Crippen LogP contribution is -2.51. The first-order valence-corrected chi connectivity index (χ1v) is 12.4. The van der Waals surface area contributed by atoms with Crippen LogP contribution in [0.2, 0.25) is 0 Å². The number of carbonyl (C=O) groups excluding carboxylic acids is 1. The third-order valence-corrected chi connectivity index (χ3v) is 6.39. The molecule has 190 valence electrons. The second kappa shape index (κ2) is 13.0. The highest BCUT2D eigenvalue weighted by Gasteiger charge is 2.21. The van der Waals surface area contributed by atoms with Crippen LogP contribution < -0.4 is 20.3 Å². The zero-order valence-electron chi connectivity index (χ0n) is 20.7. The van der Waals surface area contributed by atoms with E-state index in [9.17, 15) is 9.18 Å². The molecule has 1 amide bonds. The molecule has 0 aliphatic carbocycles. The minimum Gasteiger partial charge on any atom is -0.497 e. The lowest BCUT2D eigenvalue weighted by Gasteiger charge is -2.36. The largest absolute Gasteiger partial charge is 0.497 e. The zero-order valence-corrected chi connectivity index (χ0v) is 20.7. The van der Waals surface area contributed by atoms with E-state index in [1.54, 1.807) is 7.11 Å². The molecule has 0 radical (unpaired) electrons. The molecule has 0 saturated carbocycles. The fraction of sp³-hybridized carbons (Fsp3) is 0.345. The van der Waals surface area contributed by atoms with Crippen molar-refractivity contribution >= 4 is 11.6 Å². The summed E-state index contributed by atoms with van der Waals surface area (Å²) in [6, 6.07) is 22.9. The number of ether oxygens (including phenoxy) is 2. The number of rotatable bonds is 11. The molecule has 1 atom stereocenters. The molecule has 4 rings (SSSR count). The van der Waals surface area contributed by atoms with Crippen LogP contribution >= 0.6 is 0 Å². The van der Waals surface area contributed by atoms with Crippen LogP contribution in [-0.2, 0) is 16.1 Å². The van der Waals surface area contributed by atoms with Gasteiger partial charge in [0.1, 0.15) is 11.6 Å². The molecule has 2 N–H and O–H groups in total. The van der Waals surface area contributed by atoms with Gasteiger partial charge in [0, 0.05) is 56.5 Å². The predicted molar refractivity (Wildman–Crippen MR) is 141 cm³/mol. The average Bonchev–Trinajstić information content (AvgIpc) is 2.92. The van der Waals surface area contributed by atoms with Crippen LogP contribution in [0.15, 0.2) is 72.8 Å². The van der Waals surface area contributed by atoms with Crippen LogP contribution in [0.1, 0.15) is 18.4 Å². The third-order valence-electron chi connectivity index (χ3n) is 6.39. The van der Waals surface area contributed by atoms with Gasteiger partial charge in [-0.1, -0.05) is 42.5 Å². The highest BCUT2D eigenvalue weighted by Crippen LogP contribution is 2.31. The summed E-state index contributed by atoms with van der Waals surface area (Å²) in [5.74, 6) is 0.546. The van der Waals surface area contributed by atoms with E-state index in [1.807, 2.05) is 48.5 Å². The summed E-state index contributed by atoms with van der Waals surface area (Å²) in [5.41, 5.74) is 4.30. The summed E-state index contributed by atoms with van der Waals surface area (Å²) < 4.78 is 24.3. The summed E-state index contributed by atoms with van der Waals surface area (Å²) in [6.45, 7) is 4.14. The van der Waals surface area contributed by atoms with Crippen molar-refractivity contribution in [2.24, 2.45) is 0 Å². The van der Waals surface area contributed by atoms with E-state index in [1.165, 1.54) is 12.1 Å². The van der Waals surface area contributed by atoms with Crippen molar-refractivity contribution in [3.63, 3.8) is 0 Å². The monoisotopic (exact) mass is 491 g/mol. The van der Waals surface area contributed by atoms with Crippen LogP contribution in [-0.4, -0.2) is 51.9 Å². The van der Waals surface area contributed by atoms with Crippen LogP contribution in [0.25, 0.3) is 11.1 Å². The van der Waals surface area contributed by atoms with Gasteiger partial charge >= 0.3 is 0 Å². The quantitative estimate of drug-likeness (QED) is 0.390. The number of methoxy groups -OCH3 is 1. The first kappa shape index (κ1) is 25.7. The number of benzene rings is 3. The van der Waals surface area contributed by atoms with E-state index >= 15 is 0 Å². The van der Waals surface area contributed by atoms with E-state index in [0.29, 0.717) is 32.2 Å². The Labute approximate surface area is 212 Å². The van der Waals surface area contributed by atoms with Crippen molar-refractivity contribution in [2.45, 2.75) is 25.4 Å². The van der Waals surface area contributed by atoms with Gasteiger partial charge in [-0.15, -0.1) is 0 Å². The highest BCUT2D eigenvalue weighted by atomic mass is 19.1. The lowest BCUT2D eigenvalue weighted by molar-refractivity contribution is -0.122. The molecule has 7 heteroatoms. The van der Waals surface area contributed by atoms with E-state index < -0.39 is 0 Å². The number of hydrogen-bond acceptors (Lipinski definition) is 5. The number of para-hydroxylation sites is 1. The van der Waals surface area contributed by atoms with Crippen LogP contribution in [0, 0.1) is 5.82 Å². The second-order valence-corrected chi connectivity index (χ2v) is 8.90. The Bertz CT molecular complexity index is 1110. The molecule has 1 fully saturated rings. The van der Waals surface area contributed by atoms with Crippen molar-refractivity contribution in [1.29, 1.82) is 0 Å². The maximum atomic E-state index is 13.4. The fourth-order valence-electron chi connectivity index (χ4n) is 4.39. The minimum atomic E-state index is -0.229. The van der Waals surface area contributed by atoms with Gasteiger partial charge < -0.3 is 25.0 Å². The number of anilines is 1. The number of nitrogens with one attached hydrogen (secondary N) is 2. The molecule has 1 unspecified atom stereocenters. The van der Waals surface area contributed by atoms with Gasteiger partial charge in [-0.05, 0) is 47.9 Å². The Morgan fingerprint density at radius 3 is 2.61 bits per heavy atom. The Morgan fingerprint density at radius 1 is 1.06 bits per heavy atom. The molecule has 1 heterocycles. The predicted octanol–water partition coefficient (Wildman–Crippen LogP) is 4.39. The van der Waals surface area contributed by atoms with Gasteiger partial charge in [0.25, 0.3) is 0 Å². The molecular weight excluding hydrogens is 457 g/mol. The smallest absolute Gasteiger partial charge is 0.222 e. The molecule has 1 aliphatic rings. The maximum Gasteiger partial charge on any atom is 0.222 e. The van der Waals surface area contributed by atoms with Crippen LogP contribution in [0.3, 0.4) is 0 Å². The van der Waals surface area contributed by atoms with Crippen molar-refractivity contribution in [3.05, 3.63) is 84.2 Å². The van der Waals surface area contributed by atoms with Gasteiger partial charge in [0.2, 0.25) is 5.91 Å². The van der Waals surface area contributed by atoms with E-state index in [4.69, 9.17) is 9.47 Å². The Morgan fingerprint density at radius 2 is 1.83 bits per heavy atom. The summed E-state index contributed by atoms with van der Waals surface area (Å²) in [4.78, 5) is 14.5. The molecule has 0 aromatic heterocycles. The topological polar surface area (TPSA) is 62.8 Å². The van der Waals surface area contributed by atoms with E-state index in [-0.39, 0.29) is 11.7 Å². The van der Waals surface area contributed by atoms with Gasteiger partial charge in [-0.25, -0.2) is 4.39 Å². The van der Waals surface area contributed by atoms with Crippen molar-refractivity contribution < 1.29 is 18.7 Å². The van der Waals surface area contributed by atoms with Gasteiger partial charge in [-0.2, -0.15) is 0 Å². The number of nitrogens with zero attached hydrogens (tertiary/aromatic N) is 1. The Hall–Kier alpha value is -3.42. The van der Waals surface area contributed by atoms with Gasteiger partial charge in [-0.3, -0.25) is 4.79 Å². The molecule has 36 heavy (non-hydrogen) atoms. The minimum absolute atomic E-state index is 0.0230. The SMILES string of the molecule is COc1ccc(CNC(=O)CCOCCC2CN(c3ccccc3-c3ccc(F)cc3)CCN2)cc1. The molecule has 6 nitrogen and oxygen atoms in total. The Kier molecular flexibility index (Phi) is 9.30. The number of halogens is 1. The first-order valence-electron chi connectivity index (χ1n) is 12.4. The summed E-state index contributed by atoms with van der Waals surface area (Å²) in [5, 5.41) is 6.50. The summed E-state index contributed by atoms with van der Waals surface area (Å²) >= 11 is 0. The first-order chi connectivity index (χ1) is 17.6. The molecular formula is C29H34FN3O3. The summed E-state index contributed by atoms with van der Waals surface area (Å²) in [6.07, 6.45) is 1.20. The molecule has 1 aliphatic heterocycles. The maximum absolute atomic E-state index is 13.4. The molecule has 3 aromatic carbocycles. The normalized spacial score (nSPS) is 15.5. The van der Waals surface area contributed by atoms with Crippen LogP contribution in [0.4, 0.5) is 10.1 Å². The Balaban J connectivity index is 1.18. The molecule has 0 bridgehead atoms. The number of carbonyl (C=O) groups is 1. The number of piperazine rings is 1. The lowest BCUT2D eigenvalue weighted by atomic mass is 10.0. The molecule has 0 spiro atoms. The van der Waals surface area contributed by atoms with Crippen molar-refractivity contribution in [1.82, 2.24) is 10.6 Å². The number of amides is 1. The average molecular weight is 492 g/mol. The fourth-order valence-corrected chi connectivity index (χ4v) is 4.39. The zero-order chi connectivity index (χ0) is 25.2. The van der Waals surface area contributed by atoms with E-state index in [2.05, 4.69) is 27.7 Å². The highest BCUT2D eigenvalue weighted by molar-refractivity contribution is 5.78. The standard InChI is InChI=1S/C29H34FN3O3/c1-35-26-12-6-22(7-13-26)20-32-29(34)15-19-36-18-14-25-21-33(17-16-31-25)28-5-3-2-4-27(28)23-8-10-24(30)11-9-23/h2-13,25,31H,14-21H2,1H3,(H,32,34).